The third-order valence-corrected chi connectivity index (χ3v) is 4.45. The number of hydrogen-bond donors (Lipinski definition) is 2. The van der Waals surface area contributed by atoms with Crippen LogP contribution in [0, 0.1) is 11.6 Å². The first-order valence-corrected chi connectivity index (χ1v) is 8.89. The molecule has 0 radical (unpaired) electrons. The first kappa shape index (κ1) is 22.2. The summed E-state index contributed by atoms with van der Waals surface area (Å²) in [6.07, 6.45) is -2.72. The van der Waals surface area contributed by atoms with Crippen molar-refractivity contribution in [2.45, 2.75) is 32.5 Å². The van der Waals surface area contributed by atoms with Crippen molar-refractivity contribution in [2.75, 3.05) is 12.4 Å². The number of benzene rings is 2. The summed E-state index contributed by atoms with van der Waals surface area (Å²) >= 11 is 12.2. The van der Waals surface area contributed by atoms with E-state index >= 15 is 0 Å². The normalized spacial score (nSPS) is 12.5. The molecule has 1 amide bonds. The number of nitrogens with one attached hydrogen (secondary N) is 1. The molecule has 2 aromatic rings. The fourth-order valence-corrected chi connectivity index (χ4v) is 2.89. The Morgan fingerprint density at radius 1 is 1.14 bits per heavy atom. The van der Waals surface area contributed by atoms with Gasteiger partial charge in [-0.25, -0.2) is 13.6 Å². The van der Waals surface area contributed by atoms with Gasteiger partial charge in [-0.15, -0.1) is 0 Å². The first-order valence-electron chi connectivity index (χ1n) is 8.14. The van der Waals surface area contributed by atoms with Crippen LogP contribution < -0.4 is 10.1 Å². The molecule has 2 rings (SSSR count). The van der Waals surface area contributed by atoms with E-state index < -0.39 is 35.0 Å². The average molecular weight is 434 g/mol. The molecule has 0 aliphatic heterocycles. The lowest BCUT2D eigenvalue weighted by molar-refractivity contribution is 0.0635. The molecular formula is C19H19Cl2F2NO4. The van der Waals surface area contributed by atoms with Crippen LogP contribution in [0.15, 0.2) is 24.3 Å². The predicted octanol–water partition coefficient (Wildman–Crippen LogP) is 5.71. The second-order valence-corrected chi connectivity index (χ2v) is 7.61. The van der Waals surface area contributed by atoms with Crippen molar-refractivity contribution in [1.29, 1.82) is 0 Å². The van der Waals surface area contributed by atoms with Crippen LogP contribution in [-0.2, 0) is 4.74 Å². The van der Waals surface area contributed by atoms with Gasteiger partial charge in [-0.1, -0.05) is 23.2 Å². The number of rotatable bonds is 4. The van der Waals surface area contributed by atoms with Gasteiger partial charge in [-0.3, -0.25) is 5.32 Å². The molecule has 1 atom stereocenters. The summed E-state index contributed by atoms with van der Waals surface area (Å²) in [4.78, 5) is 12.1. The minimum atomic E-state index is -1.88. The number of carbonyl (C=O) groups excluding carboxylic acids is 1. The molecule has 152 valence electrons. The fourth-order valence-electron chi connectivity index (χ4n) is 2.46. The lowest BCUT2D eigenvalue weighted by Gasteiger charge is -2.23. The number of methoxy groups -OCH3 is 1. The summed E-state index contributed by atoms with van der Waals surface area (Å²) in [5.74, 6) is -2.39. The summed E-state index contributed by atoms with van der Waals surface area (Å²) in [7, 11) is 1.20. The van der Waals surface area contributed by atoms with Crippen molar-refractivity contribution in [3.05, 3.63) is 57.1 Å². The molecule has 5 nitrogen and oxygen atoms in total. The highest BCUT2D eigenvalue weighted by atomic mass is 35.5. The van der Waals surface area contributed by atoms with Gasteiger partial charge in [-0.2, -0.15) is 0 Å². The van der Waals surface area contributed by atoms with Crippen molar-refractivity contribution >= 4 is 35.0 Å². The van der Waals surface area contributed by atoms with Crippen LogP contribution in [0.5, 0.6) is 5.75 Å². The van der Waals surface area contributed by atoms with Gasteiger partial charge in [0.1, 0.15) is 17.5 Å². The monoisotopic (exact) mass is 433 g/mol. The molecule has 0 saturated heterocycles. The minimum Gasteiger partial charge on any atom is -0.494 e. The number of hydrogen-bond acceptors (Lipinski definition) is 4. The molecule has 0 fully saturated rings. The van der Waals surface area contributed by atoms with Crippen molar-refractivity contribution < 1.29 is 28.2 Å². The van der Waals surface area contributed by atoms with Gasteiger partial charge >= 0.3 is 6.09 Å². The molecule has 0 heterocycles. The molecule has 0 spiro atoms. The number of carbonyl (C=O) groups is 1. The van der Waals surface area contributed by atoms with Crippen LogP contribution in [0.4, 0.5) is 19.3 Å². The van der Waals surface area contributed by atoms with E-state index in [9.17, 15) is 18.7 Å². The Kier molecular flexibility index (Phi) is 6.75. The molecule has 1 unspecified atom stereocenters. The topological polar surface area (TPSA) is 67.8 Å². The van der Waals surface area contributed by atoms with Crippen LogP contribution >= 0.6 is 23.2 Å². The first-order chi connectivity index (χ1) is 13.0. The van der Waals surface area contributed by atoms with E-state index in [0.29, 0.717) is 0 Å². The second kappa shape index (κ2) is 8.51. The van der Waals surface area contributed by atoms with E-state index in [2.05, 4.69) is 5.32 Å². The molecule has 2 aromatic carbocycles. The van der Waals surface area contributed by atoms with Crippen molar-refractivity contribution in [1.82, 2.24) is 0 Å². The van der Waals surface area contributed by atoms with E-state index in [4.69, 9.17) is 32.7 Å². The molecule has 28 heavy (non-hydrogen) atoms. The average Bonchev–Trinajstić information content (AvgIpc) is 2.56. The lowest BCUT2D eigenvalue weighted by Crippen LogP contribution is -2.27. The van der Waals surface area contributed by atoms with Gasteiger partial charge in [0.15, 0.2) is 11.6 Å². The van der Waals surface area contributed by atoms with Gasteiger partial charge in [0.25, 0.3) is 0 Å². The number of anilines is 1. The number of aliphatic hydroxyl groups excluding tert-OH is 1. The third-order valence-electron chi connectivity index (χ3n) is 3.63. The van der Waals surface area contributed by atoms with Crippen LogP contribution in [0.25, 0.3) is 0 Å². The maximum Gasteiger partial charge on any atom is 0.412 e. The van der Waals surface area contributed by atoms with Crippen LogP contribution in [0.2, 0.25) is 10.0 Å². The molecule has 2 N–H and O–H groups in total. The van der Waals surface area contributed by atoms with Gasteiger partial charge in [-0.05, 0) is 45.0 Å². The SMILES string of the molecule is COc1ccc(F)c(C(O)c2c(NC(=O)OC(C)(C)C)ccc(Cl)c2Cl)c1F. The number of halogens is 4. The van der Waals surface area contributed by atoms with Gasteiger partial charge < -0.3 is 14.6 Å². The van der Waals surface area contributed by atoms with E-state index in [1.54, 1.807) is 20.8 Å². The van der Waals surface area contributed by atoms with Gasteiger partial charge in [0, 0.05) is 5.56 Å². The Balaban J connectivity index is 2.56. The summed E-state index contributed by atoms with van der Waals surface area (Å²) in [6, 6.07) is 4.73. The summed E-state index contributed by atoms with van der Waals surface area (Å²) < 4.78 is 38.9. The highest BCUT2D eigenvalue weighted by molar-refractivity contribution is 6.42. The molecular weight excluding hydrogens is 415 g/mol. The Bertz CT molecular complexity index is 900. The zero-order chi connectivity index (χ0) is 21.2. The summed E-state index contributed by atoms with van der Waals surface area (Å²) in [5.41, 5.74) is -1.69. The van der Waals surface area contributed by atoms with Crippen LogP contribution in [0.1, 0.15) is 38.0 Å². The second-order valence-electron chi connectivity index (χ2n) is 6.83. The largest absolute Gasteiger partial charge is 0.494 e. The van der Waals surface area contributed by atoms with Crippen molar-refractivity contribution in [3.8, 4) is 5.75 Å². The van der Waals surface area contributed by atoms with E-state index in [-0.39, 0.29) is 27.0 Å². The predicted molar refractivity (Wildman–Crippen MR) is 103 cm³/mol. The van der Waals surface area contributed by atoms with E-state index in [1.165, 1.54) is 19.2 Å². The standard InChI is InChI=1S/C19H19Cl2F2NO4/c1-19(2,3)28-18(26)24-11-7-5-9(20)15(21)14(11)17(25)13-10(22)6-8-12(27-4)16(13)23/h5-8,17,25H,1-4H3,(H,24,26). The molecule has 0 bridgehead atoms. The minimum absolute atomic E-state index is 0.0160. The Morgan fingerprint density at radius 3 is 2.36 bits per heavy atom. The number of ether oxygens (including phenoxy) is 2. The zero-order valence-electron chi connectivity index (χ0n) is 15.6. The third kappa shape index (κ3) is 4.84. The quantitative estimate of drug-likeness (QED) is 0.647. The molecule has 9 heteroatoms. The maximum atomic E-state index is 14.6. The highest BCUT2D eigenvalue weighted by Gasteiger charge is 2.29. The lowest BCUT2D eigenvalue weighted by atomic mass is 9.98. The Labute approximate surface area is 171 Å². The van der Waals surface area contributed by atoms with E-state index in [0.717, 1.165) is 12.1 Å². The molecule has 0 aromatic heterocycles. The maximum absolute atomic E-state index is 14.6. The summed E-state index contributed by atoms with van der Waals surface area (Å²) in [6.45, 7) is 4.99. The van der Waals surface area contributed by atoms with E-state index in [1.807, 2.05) is 0 Å². The molecule has 0 aliphatic rings. The number of amides is 1. The van der Waals surface area contributed by atoms with Crippen molar-refractivity contribution in [2.24, 2.45) is 0 Å². The Hall–Kier alpha value is -2.09. The molecule has 0 saturated carbocycles. The Morgan fingerprint density at radius 2 is 1.79 bits per heavy atom. The van der Waals surface area contributed by atoms with Crippen molar-refractivity contribution in [3.63, 3.8) is 0 Å². The number of aliphatic hydroxyl groups is 1. The fraction of sp³-hybridized carbons (Fsp3) is 0.316. The van der Waals surface area contributed by atoms with Crippen LogP contribution in [0.3, 0.4) is 0 Å². The molecule has 0 aliphatic carbocycles. The summed E-state index contributed by atoms with van der Waals surface area (Å²) in [5, 5.41) is 13.0. The highest BCUT2D eigenvalue weighted by Crippen LogP contribution is 2.41. The zero-order valence-corrected chi connectivity index (χ0v) is 17.1. The van der Waals surface area contributed by atoms with Gasteiger partial charge in [0.05, 0.1) is 28.4 Å². The van der Waals surface area contributed by atoms with Gasteiger partial charge in [0.2, 0.25) is 0 Å². The van der Waals surface area contributed by atoms with Crippen LogP contribution in [-0.4, -0.2) is 23.9 Å². The smallest absolute Gasteiger partial charge is 0.412 e.